The molecule has 2 heterocycles. The standard InChI is InChI=1S/C16H10BrNO3/c17-11-6-13-14(9-3-1-2-4-12(9)20-13)10-5-8(7-18)16(19)21-15(10)11/h5-6H,1-4H2. The van der Waals surface area contributed by atoms with Gasteiger partial charge < -0.3 is 8.83 Å². The molecule has 0 saturated heterocycles. The van der Waals surface area contributed by atoms with E-state index in [1.54, 1.807) is 6.07 Å². The van der Waals surface area contributed by atoms with Crippen molar-refractivity contribution in [2.75, 3.05) is 0 Å². The summed E-state index contributed by atoms with van der Waals surface area (Å²) in [5.41, 5.74) is 1.85. The molecule has 0 saturated carbocycles. The molecule has 1 aromatic carbocycles. The average Bonchev–Trinajstić information content (AvgIpc) is 2.85. The fraction of sp³-hybridized carbons (Fsp3) is 0.250. The van der Waals surface area contributed by atoms with Crippen molar-refractivity contribution in [3.63, 3.8) is 0 Å². The van der Waals surface area contributed by atoms with Crippen molar-refractivity contribution in [1.82, 2.24) is 0 Å². The van der Waals surface area contributed by atoms with Crippen LogP contribution in [0, 0.1) is 11.3 Å². The van der Waals surface area contributed by atoms with Gasteiger partial charge in [-0.25, -0.2) is 4.79 Å². The summed E-state index contributed by atoms with van der Waals surface area (Å²) < 4.78 is 11.9. The number of fused-ring (bicyclic) bond motifs is 5. The molecule has 1 aliphatic rings. The van der Waals surface area contributed by atoms with Crippen LogP contribution in [0.2, 0.25) is 0 Å². The molecule has 0 aliphatic heterocycles. The Morgan fingerprint density at radius 2 is 2.00 bits per heavy atom. The van der Waals surface area contributed by atoms with E-state index in [9.17, 15) is 4.79 Å². The van der Waals surface area contributed by atoms with Gasteiger partial charge in [0.1, 0.15) is 23.0 Å². The number of benzene rings is 1. The molecule has 0 unspecified atom stereocenters. The number of nitrogens with zero attached hydrogens (tertiary/aromatic N) is 1. The summed E-state index contributed by atoms with van der Waals surface area (Å²) in [6, 6.07) is 5.34. The van der Waals surface area contributed by atoms with Crippen molar-refractivity contribution in [1.29, 1.82) is 5.26 Å². The Morgan fingerprint density at radius 3 is 2.81 bits per heavy atom. The summed E-state index contributed by atoms with van der Waals surface area (Å²) in [7, 11) is 0. The maximum atomic E-state index is 11.7. The summed E-state index contributed by atoms with van der Waals surface area (Å²) in [6.45, 7) is 0. The lowest BCUT2D eigenvalue weighted by atomic mass is 9.94. The normalized spacial score (nSPS) is 14.3. The van der Waals surface area contributed by atoms with Crippen molar-refractivity contribution >= 4 is 37.9 Å². The molecule has 0 atom stereocenters. The van der Waals surface area contributed by atoms with E-state index in [2.05, 4.69) is 15.9 Å². The smallest absolute Gasteiger partial charge is 0.354 e. The molecule has 104 valence electrons. The number of rotatable bonds is 0. The largest absolute Gasteiger partial charge is 0.461 e. The lowest BCUT2D eigenvalue weighted by molar-refractivity contribution is 0.505. The van der Waals surface area contributed by atoms with E-state index in [-0.39, 0.29) is 5.56 Å². The van der Waals surface area contributed by atoms with Gasteiger partial charge in [-0.1, -0.05) is 0 Å². The minimum Gasteiger partial charge on any atom is -0.461 e. The van der Waals surface area contributed by atoms with Gasteiger partial charge in [0.05, 0.1) is 4.47 Å². The minimum atomic E-state index is -0.609. The van der Waals surface area contributed by atoms with Crippen molar-refractivity contribution in [3.05, 3.63) is 43.9 Å². The maximum Gasteiger partial charge on any atom is 0.354 e. The molecule has 5 heteroatoms. The number of aryl methyl sites for hydroxylation is 2. The molecule has 0 spiro atoms. The van der Waals surface area contributed by atoms with Gasteiger partial charge in [-0.2, -0.15) is 5.26 Å². The number of hydrogen-bond donors (Lipinski definition) is 0. The SMILES string of the molecule is N#Cc1cc2c(oc1=O)c(Br)cc1oc3c(c12)CCCC3. The van der Waals surface area contributed by atoms with Gasteiger partial charge in [0, 0.05) is 22.8 Å². The Labute approximate surface area is 128 Å². The molecule has 21 heavy (non-hydrogen) atoms. The molecule has 3 aromatic rings. The first-order valence-corrected chi connectivity index (χ1v) is 7.59. The highest BCUT2D eigenvalue weighted by Gasteiger charge is 2.22. The van der Waals surface area contributed by atoms with E-state index >= 15 is 0 Å². The molecular weight excluding hydrogens is 334 g/mol. The van der Waals surface area contributed by atoms with Crippen molar-refractivity contribution in [2.24, 2.45) is 0 Å². The number of halogens is 1. The van der Waals surface area contributed by atoms with Crippen LogP contribution in [0.3, 0.4) is 0 Å². The third-order valence-electron chi connectivity index (χ3n) is 4.01. The van der Waals surface area contributed by atoms with Gasteiger partial charge in [0.2, 0.25) is 0 Å². The maximum absolute atomic E-state index is 11.7. The Hall–Kier alpha value is -2.06. The summed E-state index contributed by atoms with van der Waals surface area (Å²) in [5, 5.41) is 10.8. The molecule has 4 nitrogen and oxygen atoms in total. The van der Waals surface area contributed by atoms with Crippen LogP contribution in [0.1, 0.15) is 29.7 Å². The van der Waals surface area contributed by atoms with E-state index < -0.39 is 5.63 Å². The van der Waals surface area contributed by atoms with Crippen LogP contribution in [0.4, 0.5) is 0 Å². The molecule has 4 rings (SSSR count). The Kier molecular flexibility index (Phi) is 2.69. The lowest BCUT2D eigenvalue weighted by Crippen LogP contribution is -2.04. The van der Waals surface area contributed by atoms with E-state index in [4.69, 9.17) is 14.1 Å². The van der Waals surface area contributed by atoms with Gasteiger partial charge in [-0.05, 0) is 47.3 Å². The highest BCUT2D eigenvalue weighted by Crippen LogP contribution is 2.39. The number of furan rings is 1. The fourth-order valence-corrected chi connectivity index (χ4v) is 3.58. The topological polar surface area (TPSA) is 67.1 Å². The third kappa shape index (κ3) is 1.76. The van der Waals surface area contributed by atoms with E-state index in [1.165, 1.54) is 5.56 Å². The monoisotopic (exact) mass is 343 g/mol. The zero-order valence-corrected chi connectivity index (χ0v) is 12.6. The zero-order chi connectivity index (χ0) is 14.6. The van der Waals surface area contributed by atoms with Crippen molar-refractivity contribution in [2.45, 2.75) is 25.7 Å². The fourth-order valence-electron chi connectivity index (χ4n) is 3.08. The zero-order valence-electron chi connectivity index (χ0n) is 11.0. The van der Waals surface area contributed by atoms with Gasteiger partial charge >= 0.3 is 5.63 Å². The molecule has 2 aromatic heterocycles. The van der Waals surface area contributed by atoms with Crippen LogP contribution in [-0.4, -0.2) is 0 Å². The molecule has 0 N–H and O–H groups in total. The summed E-state index contributed by atoms with van der Waals surface area (Å²) in [4.78, 5) is 11.7. The second-order valence-electron chi connectivity index (χ2n) is 5.24. The van der Waals surface area contributed by atoms with Crippen molar-refractivity contribution in [3.8, 4) is 6.07 Å². The molecule has 0 amide bonds. The molecule has 1 aliphatic carbocycles. The van der Waals surface area contributed by atoms with Gasteiger partial charge in [-0.15, -0.1) is 0 Å². The minimum absolute atomic E-state index is 0.0210. The van der Waals surface area contributed by atoms with Crippen molar-refractivity contribution < 1.29 is 8.83 Å². The predicted molar refractivity (Wildman–Crippen MR) is 81.3 cm³/mol. The summed E-state index contributed by atoms with van der Waals surface area (Å²) in [5.74, 6) is 1.01. The van der Waals surface area contributed by atoms with Crippen LogP contribution < -0.4 is 5.63 Å². The van der Waals surface area contributed by atoms with E-state index in [0.29, 0.717) is 10.1 Å². The summed E-state index contributed by atoms with van der Waals surface area (Å²) >= 11 is 3.42. The Bertz CT molecular complexity index is 991. The first-order chi connectivity index (χ1) is 10.2. The van der Waals surface area contributed by atoms with Crippen LogP contribution >= 0.6 is 15.9 Å². The van der Waals surface area contributed by atoms with E-state index in [0.717, 1.165) is 47.8 Å². The summed E-state index contributed by atoms with van der Waals surface area (Å²) in [6.07, 6.45) is 4.15. The first-order valence-electron chi connectivity index (χ1n) is 6.80. The lowest BCUT2D eigenvalue weighted by Gasteiger charge is -2.09. The third-order valence-corrected chi connectivity index (χ3v) is 4.60. The molecule has 0 bridgehead atoms. The number of nitriles is 1. The van der Waals surface area contributed by atoms with Gasteiger partial charge in [-0.3, -0.25) is 0 Å². The van der Waals surface area contributed by atoms with Crippen LogP contribution in [-0.2, 0) is 12.8 Å². The van der Waals surface area contributed by atoms with Crippen LogP contribution in [0.25, 0.3) is 21.9 Å². The highest BCUT2D eigenvalue weighted by atomic mass is 79.9. The molecule has 0 fully saturated rings. The van der Waals surface area contributed by atoms with Gasteiger partial charge in [0.25, 0.3) is 0 Å². The highest BCUT2D eigenvalue weighted by molar-refractivity contribution is 9.10. The quantitative estimate of drug-likeness (QED) is 0.577. The Morgan fingerprint density at radius 1 is 1.19 bits per heavy atom. The average molecular weight is 344 g/mol. The van der Waals surface area contributed by atoms with Crippen LogP contribution in [0.15, 0.2) is 30.2 Å². The molecular formula is C16H10BrNO3. The first kappa shape index (κ1) is 12.7. The predicted octanol–water partition coefficient (Wildman–Crippen LogP) is 4.05. The Balaban J connectivity index is 2.24. The van der Waals surface area contributed by atoms with Gasteiger partial charge in [0.15, 0.2) is 5.58 Å². The van der Waals surface area contributed by atoms with Crippen LogP contribution in [0.5, 0.6) is 0 Å². The van der Waals surface area contributed by atoms with E-state index in [1.807, 2.05) is 12.1 Å². The second kappa shape index (κ2) is 4.47. The second-order valence-corrected chi connectivity index (χ2v) is 6.10. The number of hydrogen-bond acceptors (Lipinski definition) is 4. The molecule has 0 radical (unpaired) electrons.